The summed E-state index contributed by atoms with van der Waals surface area (Å²) in [6.45, 7) is 9.08. The highest BCUT2D eigenvalue weighted by molar-refractivity contribution is 6.36. The molecule has 1 aliphatic rings. The molecule has 35 heavy (non-hydrogen) atoms. The Morgan fingerprint density at radius 3 is 2.57 bits per heavy atom. The van der Waals surface area contributed by atoms with Gasteiger partial charge in [0.1, 0.15) is 7.28 Å². The Balaban J connectivity index is 2.01. The first-order valence-corrected chi connectivity index (χ1v) is 12.5. The van der Waals surface area contributed by atoms with Crippen molar-refractivity contribution in [2.45, 2.75) is 59.0 Å². The van der Waals surface area contributed by atoms with Crippen LogP contribution in [0.1, 0.15) is 42.9 Å². The number of morpholine rings is 1. The van der Waals surface area contributed by atoms with Gasteiger partial charge < -0.3 is 31.3 Å². The lowest BCUT2D eigenvalue weighted by atomic mass is 9.65. The first-order valence-electron chi connectivity index (χ1n) is 12.5. The summed E-state index contributed by atoms with van der Waals surface area (Å²) >= 11 is 0. The smallest absolute Gasteiger partial charge is 0.239 e. The maximum atomic E-state index is 13.5. The van der Waals surface area contributed by atoms with Crippen molar-refractivity contribution in [2.24, 2.45) is 17.4 Å². The van der Waals surface area contributed by atoms with Crippen LogP contribution >= 0.6 is 0 Å². The van der Waals surface area contributed by atoms with Crippen LogP contribution in [0.4, 0.5) is 0 Å². The van der Waals surface area contributed by atoms with Crippen LogP contribution in [0.25, 0.3) is 0 Å². The number of nitrogens with zero attached hydrogens (tertiary/aromatic N) is 2. The van der Waals surface area contributed by atoms with Gasteiger partial charge in [0.25, 0.3) is 0 Å². The first kappa shape index (κ1) is 28.8. The van der Waals surface area contributed by atoms with Crippen LogP contribution in [0.5, 0.6) is 0 Å². The van der Waals surface area contributed by atoms with Crippen molar-refractivity contribution in [3.05, 3.63) is 34.9 Å². The van der Waals surface area contributed by atoms with Gasteiger partial charge in [-0.15, -0.1) is 0 Å². The minimum Gasteiger partial charge on any atom is -0.378 e. The SMILES string of the molecule is C[B]C(N)[C@H](CCC(=O)N1CCOCC1)C(=O)N(CCC)CC(=O)NCc1cc(C)ccc1CN. The van der Waals surface area contributed by atoms with Crippen LogP contribution in [-0.4, -0.2) is 80.1 Å². The maximum Gasteiger partial charge on any atom is 0.239 e. The van der Waals surface area contributed by atoms with Crippen molar-refractivity contribution in [3.63, 3.8) is 0 Å². The van der Waals surface area contributed by atoms with E-state index >= 15 is 0 Å². The van der Waals surface area contributed by atoms with E-state index in [0.717, 1.165) is 16.7 Å². The Morgan fingerprint density at radius 1 is 1.23 bits per heavy atom. The second-order valence-corrected chi connectivity index (χ2v) is 9.06. The number of amides is 3. The summed E-state index contributed by atoms with van der Waals surface area (Å²) in [5.41, 5.74) is 15.1. The number of rotatable bonds is 13. The molecule has 1 aromatic carbocycles. The number of aryl methyl sites for hydroxylation is 1. The molecule has 5 N–H and O–H groups in total. The lowest BCUT2D eigenvalue weighted by Gasteiger charge is -2.31. The molecule has 3 amide bonds. The molecule has 0 saturated carbocycles. The number of nitrogens with two attached hydrogens (primary N) is 2. The summed E-state index contributed by atoms with van der Waals surface area (Å²) in [6.07, 6.45) is 1.28. The quantitative estimate of drug-likeness (QED) is 0.350. The summed E-state index contributed by atoms with van der Waals surface area (Å²) in [7, 11) is 1.78. The molecule has 2 rings (SSSR count). The van der Waals surface area contributed by atoms with E-state index in [0.29, 0.717) is 58.8 Å². The van der Waals surface area contributed by atoms with Crippen LogP contribution in [-0.2, 0) is 32.2 Å². The molecule has 1 aliphatic heterocycles. The van der Waals surface area contributed by atoms with Gasteiger partial charge in [-0.05, 0) is 36.8 Å². The predicted octanol–water partition coefficient (Wildman–Crippen LogP) is 0.601. The van der Waals surface area contributed by atoms with Crippen molar-refractivity contribution >= 4 is 25.0 Å². The third-order valence-electron chi connectivity index (χ3n) is 6.40. The fraction of sp³-hybridized carbons (Fsp3) is 0.640. The molecule has 1 saturated heterocycles. The number of hydrogen-bond acceptors (Lipinski definition) is 6. The monoisotopic (exact) mass is 486 g/mol. The summed E-state index contributed by atoms with van der Waals surface area (Å²) in [5.74, 6) is -1.50. The van der Waals surface area contributed by atoms with Crippen molar-refractivity contribution in [1.29, 1.82) is 0 Å². The van der Waals surface area contributed by atoms with Gasteiger partial charge in [-0.2, -0.15) is 0 Å². The van der Waals surface area contributed by atoms with Crippen LogP contribution < -0.4 is 16.8 Å². The van der Waals surface area contributed by atoms with Gasteiger partial charge in [0.05, 0.1) is 19.8 Å². The van der Waals surface area contributed by atoms with Gasteiger partial charge in [0.15, 0.2) is 0 Å². The van der Waals surface area contributed by atoms with Crippen molar-refractivity contribution in [1.82, 2.24) is 15.1 Å². The molecule has 0 bridgehead atoms. The van der Waals surface area contributed by atoms with E-state index in [1.165, 1.54) is 0 Å². The number of benzene rings is 1. The van der Waals surface area contributed by atoms with Crippen molar-refractivity contribution in [3.8, 4) is 0 Å². The standard InChI is InChI=1S/C25H41BN5O4/c1-4-9-31(17-22(32)29-16-20-14-18(2)5-6-19(20)15-27)25(34)21(24(28)26-3)7-8-23(33)30-10-12-35-13-11-30/h5-6,14,21,24H,4,7-13,15-17,27-28H2,1-3H3,(H,29,32)/t21-,24?/m0/s1. The molecule has 0 aliphatic carbocycles. The molecular weight excluding hydrogens is 445 g/mol. The van der Waals surface area contributed by atoms with E-state index in [2.05, 4.69) is 5.32 Å². The Hall–Kier alpha value is -2.43. The number of nitrogens with one attached hydrogen (secondary N) is 1. The third-order valence-corrected chi connectivity index (χ3v) is 6.40. The Labute approximate surface area is 210 Å². The molecule has 0 spiro atoms. The summed E-state index contributed by atoms with van der Waals surface area (Å²) < 4.78 is 5.31. The molecule has 2 atom stereocenters. The minimum absolute atomic E-state index is 0.00282. The first-order chi connectivity index (χ1) is 16.8. The summed E-state index contributed by atoms with van der Waals surface area (Å²) in [5, 5.41) is 2.92. The fourth-order valence-corrected chi connectivity index (χ4v) is 4.28. The van der Waals surface area contributed by atoms with Gasteiger partial charge in [-0.25, -0.2) is 0 Å². The van der Waals surface area contributed by atoms with E-state index in [4.69, 9.17) is 16.2 Å². The van der Waals surface area contributed by atoms with Crippen molar-refractivity contribution in [2.75, 3.05) is 39.4 Å². The summed E-state index contributed by atoms with van der Waals surface area (Å²) in [6, 6.07) is 5.97. The average molecular weight is 486 g/mol. The zero-order valence-electron chi connectivity index (χ0n) is 21.4. The van der Waals surface area contributed by atoms with Gasteiger partial charge >= 0.3 is 0 Å². The van der Waals surface area contributed by atoms with Crippen molar-refractivity contribution < 1.29 is 19.1 Å². The van der Waals surface area contributed by atoms with Gasteiger partial charge in [-0.1, -0.05) is 37.5 Å². The molecule has 1 heterocycles. The molecule has 10 heteroatoms. The van der Waals surface area contributed by atoms with Crippen LogP contribution in [0.15, 0.2) is 18.2 Å². The minimum atomic E-state index is -0.565. The highest BCUT2D eigenvalue weighted by atomic mass is 16.5. The van der Waals surface area contributed by atoms with E-state index in [1.54, 1.807) is 17.1 Å². The molecule has 9 nitrogen and oxygen atoms in total. The average Bonchev–Trinajstić information content (AvgIpc) is 2.87. The lowest BCUT2D eigenvalue weighted by Crippen LogP contribution is -2.50. The fourth-order valence-electron chi connectivity index (χ4n) is 4.28. The largest absolute Gasteiger partial charge is 0.378 e. The highest BCUT2D eigenvalue weighted by Gasteiger charge is 2.31. The lowest BCUT2D eigenvalue weighted by molar-refractivity contribution is -0.141. The molecule has 1 unspecified atom stereocenters. The Morgan fingerprint density at radius 2 is 1.94 bits per heavy atom. The van der Waals surface area contributed by atoms with Crippen LogP contribution in [0, 0.1) is 12.8 Å². The molecule has 1 fully saturated rings. The van der Waals surface area contributed by atoms with E-state index < -0.39 is 11.9 Å². The number of hydrogen-bond donors (Lipinski definition) is 3. The zero-order chi connectivity index (χ0) is 25.8. The maximum absolute atomic E-state index is 13.5. The van der Waals surface area contributed by atoms with E-state index in [1.807, 2.05) is 38.9 Å². The van der Waals surface area contributed by atoms with Gasteiger partial charge in [0.2, 0.25) is 17.7 Å². The predicted molar refractivity (Wildman–Crippen MR) is 138 cm³/mol. The number of carbonyl (C=O) groups excluding carboxylic acids is 3. The zero-order valence-corrected chi connectivity index (χ0v) is 21.4. The number of carbonyl (C=O) groups is 3. The summed E-state index contributed by atoms with van der Waals surface area (Å²) in [4.78, 5) is 42.2. The van der Waals surface area contributed by atoms with E-state index in [9.17, 15) is 14.4 Å². The molecule has 193 valence electrons. The Kier molecular flexibility index (Phi) is 12.2. The highest BCUT2D eigenvalue weighted by Crippen LogP contribution is 2.17. The van der Waals surface area contributed by atoms with E-state index in [-0.39, 0.29) is 30.7 Å². The van der Waals surface area contributed by atoms with Crippen LogP contribution in [0.2, 0.25) is 6.82 Å². The van der Waals surface area contributed by atoms with Gasteiger partial charge in [-0.3, -0.25) is 14.4 Å². The molecule has 1 radical (unpaired) electrons. The number of ether oxygens (including phenoxy) is 1. The third kappa shape index (κ3) is 8.94. The van der Waals surface area contributed by atoms with Gasteiger partial charge in [0, 0.05) is 45.1 Å². The normalized spacial score (nSPS) is 15.3. The van der Waals surface area contributed by atoms with Crippen LogP contribution in [0.3, 0.4) is 0 Å². The second-order valence-electron chi connectivity index (χ2n) is 9.06. The second kappa shape index (κ2) is 14.9. The molecular formula is C25H41BN5O4. The Bertz CT molecular complexity index is 847. The molecule has 1 aromatic rings. The molecule has 0 aromatic heterocycles. The topological polar surface area (TPSA) is 131 Å².